The summed E-state index contributed by atoms with van der Waals surface area (Å²) in [6.45, 7) is 0. The van der Waals surface area contributed by atoms with Crippen molar-refractivity contribution in [3.63, 3.8) is 0 Å². The number of nitrogens with zero attached hydrogens (tertiary/aromatic N) is 1. The molecule has 0 radical (unpaired) electrons. The smallest absolute Gasteiger partial charge is 0.258 e. The largest absolute Gasteiger partial charge is 0.417 e. The summed E-state index contributed by atoms with van der Waals surface area (Å²) >= 11 is 3.74. The van der Waals surface area contributed by atoms with Crippen molar-refractivity contribution in [3.05, 3.63) is 39.4 Å². The summed E-state index contributed by atoms with van der Waals surface area (Å²) in [6.07, 6.45) is -4.59. The Labute approximate surface area is 100 Å². The third-order valence-corrected chi connectivity index (χ3v) is 1.98. The molecule has 90 valence electrons. The van der Waals surface area contributed by atoms with E-state index in [0.29, 0.717) is 6.07 Å². The van der Waals surface area contributed by atoms with Crippen LogP contribution in [0, 0.1) is 22.0 Å². The highest BCUT2D eigenvalue weighted by Gasteiger charge is 2.33. The van der Waals surface area contributed by atoms with Crippen LogP contribution in [0.5, 0.6) is 0 Å². The highest BCUT2D eigenvalue weighted by Crippen LogP contribution is 2.33. The van der Waals surface area contributed by atoms with E-state index < -0.39 is 27.9 Å². The van der Waals surface area contributed by atoms with Gasteiger partial charge in [-0.15, -0.1) is 0 Å². The fourth-order valence-electron chi connectivity index (χ4n) is 1.13. The quantitative estimate of drug-likeness (QED) is 0.365. The average molecular weight is 261 g/mol. The molecule has 0 heterocycles. The van der Waals surface area contributed by atoms with E-state index in [-0.39, 0.29) is 5.75 Å². The van der Waals surface area contributed by atoms with Crippen LogP contribution in [-0.4, -0.2) is 10.7 Å². The highest BCUT2D eigenvalue weighted by molar-refractivity contribution is 7.80. The molecule has 3 nitrogen and oxygen atoms in total. The first-order chi connectivity index (χ1) is 7.86. The molecule has 0 aromatic heterocycles. The summed E-state index contributed by atoms with van der Waals surface area (Å²) < 4.78 is 37.7. The third-order valence-electron chi connectivity index (χ3n) is 1.82. The van der Waals surface area contributed by atoms with Crippen molar-refractivity contribution in [2.75, 3.05) is 5.75 Å². The molecule has 0 saturated carbocycles. The summed E-state index contributed by atoms with van der Waals surface area (Å²) in [5, 5.41) is 10.4. The molecule has 0 unspecified atom stereocenters. The maximum absolute atomic E-state index is 12.6. The Morgan fingerprint density at radius 3 is 2.53 bits per heavy atom. The van der Waals surface area contributed by atoms with E-state index in [1.54, 1.807) is 0 Å². The minimum Gasteiger partial charge on any atom is -0.258 e. The maximum Gasteiger partial charge on any atom is 0.417 e. The lowest BCUT2D eigenvalue weighted by atomic mass is 10.1. The number of rotatable bonds is 1. The Kier molecular flexibility index (Phi) is 4.02. The molecule has 0 saturated heterocycles. The molecule has 1 rings (SSSR count). The zero-order valence-corrected chi connectivity index (χ0v) is 9.18. The number of halogens is 3. The van der Waals surface area contributed by atoms with Gasteiger partial charge in [0.05, 0.1) is 16.2 Å². The zero-order valence-electron chi connectivity index (χ0n) is 8.28. The van der Waals surface area contributed by atoms with E-state index in [0.717, 1.165) is 12.1 Å². The van der Waals surface area contributed by atoms with Gasteiger partial charge in [-0.1, -0.05) is 11.8 Å². The van der Waals surface area contributed by atoms with Gasteiger partial charge in [-0.05, 0) is 6.07 Å². The number of hydrogen-bond acceptors (Lipinski definition) is 3. The summed E-state index contributed by atoms with van der Waals surface area (Å²) in [5.41, 5.74) is -1.83. The summed E-state index contributed by atoms with van der Waals surface area (Å²) in [6, 6.07) is 2.26. The second-order valence-electron chi connectivity index (χ2n) is 2.94. The van der Waals surface area contributed by atoms with Crippen molar-refractivity contribution >= 4 is 18.3 Å². The van der Waals surface area contributed by atoms with Gasteiger partial charge in [-0.2, -0.15) is 25.8 Å². The van der Waals surface area contributed by atoms with Gasteiger partial charge in [-0.25, -0.2) is 0 Å². The Balaban J connectivity index is 3.37. The van der Waals surface area contributed by atoms with Crippen LogP contribution in [0.15, 0.2) is 18.2 Å². The molecule has 0 aliphatic carbocycles. The van der Waals surface area contributed by atoms with Gasteiger partial charge in [0.25, 0.3) is 5.69 Å². The highest BCUT2D eigenvalue weighted by atomic mass is 32.1. The summed E-state index contributed by atoms with van der Waals surface area (Å²) in [4.78, 5) is 9.68. The molecule has 0 aliphatic rings. The van der Waals surface area contributed by atoms with Gasteiger partial charge >= 0.3 is 6.18 Å². The number of benzene rings is 1. The van der Waals surface area contributed by atoms with Crippen molar-refractivity contribution in [2.24, 2.45) is 0 Å². The minimum absolute atomic E-state index is 0.0694. The van der Waals surface area contributed by atoms with E-state index in [1.165, 1.54) is 0 Å². The lowest BCUT2D eigenvalue weighted by Gasteiger charge is -2.08. The number of alkyl halides is 3. The number of nitro groups is 1. The second-order valence-corrected chi connectivity index (χ2v) is 3.26. The fraction of sp³-hybridized carbons (Fsp3) is 0.200. The normalized spacial score (nSPS) is 10.6. The molecular formula is C10H6F3NO2S. The van der Waals surface area contributed by atoms with Crippen molar-refractivity contribution < 1.29 is 18.1 Å². The van der Waals surface area contributed by atoms with E-state index in [1.807, 2.05) is 0 Å². The maximum atomic E-state index is 12.6. The first kappa shape index (κ1) is 13.4. The van der Waals surface area contributed by atoms with Crippen LogP contribution < -0.4 is 0 Å². The summed E-state index contributed by atoms with van der Waals surface area (Å²) in [7, 11) is 0. The third kappa shape index (κ3) is 3.39. The SMILES string of the molecule is O=[N+]([O-])c1ccc(C(F)(F)F)c(C#CCS)c1. The lowest BCUT2D eigenvalue weighted by molar-refractivity contribution is -0.384. The fourth-order valence-corrected chi connectivity index (χ4v) is 1.21. The molecular weight excluding hydrogens is 255 g/mol. The Morgan fingerprint density at radius 1 is 1.41 bits per heavy atom. The number of non-ortho nitro benzene ring substituents is 1. The van der Waals surface area contributed by atoms with Crippen LogP contribution in [0.1, 0.15) is 11.1 Å². The Hall–Kier alpha value is -1.68. The van der Waals surface area contributed by atoms with Crippen molar-refractivity contribution in [3.8, 4) is 11.8 Å². The molecule has 0 bridgehead atoms. The Morgan fingerprint density at radius 2 is 2.06 bits per heavy atom. The van der Waals surface area contributed by atoms with Crippen LogP contribution in [0.3, 0.4) is 0 Å². The van der Waals surface area contributed by atoms with Gasteiger partial charge in [0.1, 0.15) is 0 Å². The molecule has 1 aromatic rings. The van der Waals surface area contributed by atoms with E-state index >= 15 is 0 Å². The molecule has 0 fully saturated rings. The van der Waals surface area contributed by atoms with Crippen molar-refractivity contribution in [2.45, 2.75) is 6.18 Å². The molecule has 0 atom stereocenters. The molecule has 0 amide bonds. The predicted molar refractivity (Wildman–Crippen MR) is 58.8 cm³/mol. The van der Waals surface area contributed by atoms with E-state index in [2.05, 4.69) is 24.5 Å². The molecule has 0 aliphatic heterocycles. The van der Waals surface area contributed by atoms with Gasteiger partial charge in [0, 0.05) is 17.7 Å². The number of nitro benzene ring substituents is 1. The average Bonchev–Trinajstić information content (AvgIpc) is 2.24. The predicted octanol–water partition coefficient (Wildman–Crippen LogP) is 2.89. The molecule has 7 heteroatoms. The van der Waals surface area contributed by atoms with Crippen LogP contribution in [0.2, 0.25) is 0 Å². The zero-order chi connectivity index (χ0) is 13.1. The van der Waals surface area contributed by atoms with Gasteiger partial charge in [0.15, 0.2) is 0 Å². The van der Waals surface area contributed by atoms with Crippen LogP contribution in [0.25, 0.3) is 0 Å². The van der Waals surface area contributed by atoms with Crippen molar-refractivity contribution in [1.82, 2.24) is 0 Å². The monoisotopic (exact) mass is 261 g/mol. The number of hydrogen-bond donors (Lipinski definition) is 1. The lowest BCUT2D eigenvalue weighted by Crippen LogP contribution is -2.08. The van der Waals surface area contributed by atoms with Crippen LogP contribution in [0.4, 0.5) is 18.9 Å². The van der Waals surface area contributed by atoms with E-state index in [4.69, 9.17) is 0 Å². The second kappa shape index (κ2) is 5.10. The molecule has 0 spiro atoms. The van der Waals surface area contributed by atoms with Gasteiger partial charge in [-0.3, -0.25) is 10.1 Å². The van der Waals surface area contributed by atoms with Crippen LogP contribution in [-0.2, 0) is 6.18 Å². The van der Waals surface area contributed by atoms with Crippen molar-refractivity contribution in [1.29, 1.82) is 0 Å². The number of thiol groups is 1. The van der Waals surface area contributed by atoms with E-state index in [9.17, 15) is 23.3 Å². The molecule has 0 N–H and O–H groups in total. The Bertz CT molecular complexity index is 502. The topological polar surface area (TPSA) is 43.1 Å². The first-order valence-corrected chi connectivity index (χ1v) is 4.95. The first-order valence-electron chi connectivity index (χ1n) is 4.31. The van der Waals surface area contributed by atoms with Gasteiger partial charge in [0.2, 0.25) is 0 Å². The summed E-state index contributed by atoms with van der Waals surface area (Å²) in [5.74, 6) is 4.62. The molecule has 17 heavy (non-hydrogen) atoms. The minimum atomic E-state index is -4.59. The molecule has 1 aromatic carbocycles. The van der Waals surface area contributed by atoms with Crippen LogP contribution >= 0.6 is 12.6 Å². The van der Waals surface area contributed by atoms with Gasteiger partial charge < -0.3 is 0 Å². The standard InChI is InChI=1S/C10H6F3NO2S/c11-10(12,13)9-4-3-8(14(15)16)6-7(9)2-1-5-17/h3-4,6,17H,5H2.